The van der Waals surface area contributed by atoms with E-state index in [0.29, 0.717) is 24.2 Å². The van der Waals surface area contributed by atoms with E-state index in [1.165, 1.54) is 0 Å². The number of carbonyl (C=O) groups is 2. The minimum Gasteiger partial charge on any atom is -0.348 e. The first-order chi connectivity index (χ1) is 15.7. The molecule has 0 aliphatic heterocycles. The van der Waals surface area contributed by atoms with Crippen LogP contribution in [0.3, 0.4) is 0 Å². The Kier molecular flexibility index (Phi) is 5.09. The fourth-order valence-electron chi connectivity index (χ4n) is 3.51. The Labute approximate surface area is 183 Å². The van der Waals surface area contributed by atoms with Crippen molar-refractivity contribution in [1.29, 1.82) is 0 Å². The van der Waals surface area contributed by atoms with Gasteiger partial charge in [-0.1, -0.05) is 24.3 Å². The summed E-state index contributed by atoms with van der Waals surface area (Å²) >= 11 is 0. The van der Waals surface area contributed by atoms with Crippen molar-refractivity contribution >= 4 is 33.6 Å². The summed E-state index contributed by atoms with van der Waals surface area (Å²) in [6.45, 7) is 0.833. The molecule has 0 saturated heterocycles. The van der Waals surface area contributed by atoms with Gasteiger partial charge in [-0.2, -0.15) is 10.2 Å². The molecule has 0 aliphatic carbocycles. The molecular formula is C24H20N6O2. The molecule has 158 valence electrons. The van der Waals surface area contributed by atoms with Crippen molar-refractivity contribution in [3.63, 3.8) is 0 Å². The van der Waals surface area contributed by atoms with E-state index in [0.717, 1.165) is 32.9 Å². The van der Waals surface area contributed by atoms with Gasteiger partial charge in [0.05, 0.1) is 23.4 Å². The number of aromatic nitrogens is 4. The van der Waals surface area contributed by atoms with E-state index < -0.39 is 0 Å². The molecule has 0 saturated carbocycles. The maximum absolute atomic E-state index is 12.4. The van der Waals surface area contributed by atoms with Crippen LogP contribution >= 0.6 is 0 Å². The Balaban J connectivity index is 1.15. The molecular weight excluding hydrogens is 404 g/mol. The molecule has 2 amide bonds. The quantitative estimate of drug-likeness (QED) is 0.335. The Morgan fingerprint density at radius 2 is 1.09 bits per heavy atom. The first kappa shape index (κ1) is 19.5. The van der Waals surface area contributed by atoms with E-state index in [2.05, 4.69) is 31.0 Å². The number of carbonyl (C=O) groups excluding carboxylic acids is 2. The first-order valence-corrected chi connectivity index (χ1v) is 10.2. The molecule has 0 spiro atoms. The topological polar surface area (TPSA) is 116 Å². The molecule has 0 aliphatic rings. The molecule has 5 rings (SSSR count). The van der Waals surface area contributed by atoms with E-state index >= 15 is 0 Å². The number of nitrogens with zero attached hydrogens (tertiary/aromatic N) is 2. The van der Waals surface area contributed by atoms with Crippen molar-refractivity contribution in [1.82, 2.24) is 31.0 Å². The molecule has 4 N–H and O–H groups in total. The highest BCUT2D eigenvalue weighted by Crippen LogP contribution is 2.14. The van der Waals surface area contributed by atoms with Crippen LogP contribution in [0.5, 0.6) is 0 Å². The number of hydrogen-bond acceptors (Lipinski definition) is 4. The smallest absolute Gasteiger partial charge is 0.251 e. The fraction of sp³-hybridized carbons (Fsp3) is 0.0833. The second-order valence-electron chi connectivity index (χ2n) is 7.53. The molecule has 8 nitrogen and oxygen atoms in total. The Bertz CT molecular complexity index is 1310. The van der Waals surface area contributed by atoms with Gasteiger partial charge < -0.3 is 10.6 Å². The molecule has 0 atom stereocenters. The molecule has 5 aromatic rings. The third-order valence-corrected chi connectivity index (χ3v) is 5.33. The summed E-state index contributed by atoms with van der Waals surface area (Å²) in [4.78, 5) is 24.9. The van der Waals surface area contributed by atoms with Crippen LogP contribution in [0.15, 0.2) is 73.1 Å². The summed E-state index contributed by atoms with van der Waals surface area (Å²) in [6.07, 6.45) is 3.39. The normalized spacial score (nSPS) is 11.0. The highest BCUT2D eigenvalue weighted by atomic mass is 16.2. The van der Waals surface area contributed by atoms with Gasteiger partial charge in [0, 0.05) is 35.0 Å². The number of hydrogen-bond donors (Lipinski definition) is 4. The number of rotatable bonds is 6. The lowest BCUT2D eigenvalue weighted by molar-refractivity contribution is 0.0942. The molecule has 2 heterocycles. The van der Waals surface area contributed by atoms with Crippen molar-refractivity contribution in [2.45, 2.75) is 13.1 Å². The number of fused-ring (bicyclic) bond motifs is 2. The van der Waals surface area contributed by atoms with Gasteiger partial charge in [0.15, 0.2) is 0 Å². The summed E-state index contributed by atoms with van der Waals surface area (Å²) in [5, 5.41) is 21.3. The SMILES string of the molecule is O=C(NCc1ccc(CNC(=O)c2ccc3[nH]ncc3c2)cc1)c1ccc2[nH]ncc2c1. The van der Waals surface area contributed by atoms with Crippen LogP contribution < -0.4 is 10.6 Å². The van der Waals surface area contributed by atoms with E-state index in [1.54, 1.807) is 24.5 Å². The Morgan fingerprint density at radius 3 is 1.53 bits per heavy atom. The van der Waals surface area contributed by atoms with E-state index in [4.69, 9.17) is 0 Å². The highest BCUT2D eigenvalue weighted by Gasteiger charge is 2.09. The van der Waals surface area contributed by atoms with Crippen LogP contribution in [0.1, 0.15) is 31.8 Å². The standard InChI is InChI=1S/C24H20N6O2/c31-23(17-5-7-21-19(9-17)13-27-29-21)25-11-15-1-2-16(4-3-15)12-26-24(32)18-6-8-22-20(10-18)14-28-30-22/h1-10,13-14H,11-12H2,(H,25,31)(H,26,32)(H,27,29)(H,28,30). The number of benzene rings is 3. The van der Waals surface area contributed by atoms with Crippen LogP contribution in [0.25, 0.3) is 21.8 Å². The molecule has 3 aromatic carbocycles. The minimum atomic E-state index is -0.140. The van der Waals surface area contributed by atoms with Gasteiger partial charge in [0.2, 0.25) is 0 Å². The van der Waals surface area contributed by atoms with Gasteiger partial charge in [-0.15, -0.1) is 0 Å². The summed E-state index contributed by atoms with van der Waals surface area (Å²) in [7, 11) is 0. The lowest BCUT2D eigenvalue weighted by Crippen LogP contribution is -2.23. The minimum absolute atomic E-state index is 0.140. The zero-order valence-electron chi connectivity index (χ0n) is 17.1. The second-order valence-corrected chi connectivity index (χ2v) is 7.53. The average molecular weight is 424 g/mol. The Hall–Kier alpha value is -4.46. The van der Waals surface area contributed by atoms with Crippen LogP contribution in [0.4, 0.5) is 0 Å². The molecule has 0 unspecified atom stereocenters. The van der Waals surface area contributed by atoms with E-state index in [9.17, 15) is 9.59 Å². The van der Waals surface area contributed by atoms with Gasteiger partial charge >= 0.3 is 0 Å². The monoisotopic (exact) mass is 424 g/mol. The molecule has 32 heavy (non-hydrogen) atoms. The van der Waals surface area contributed by atoms with Crippen molar-refractivity contribution < 1.29 is 9.59 Å². The van der Waals surface area contributed by atoms with Gasteiger partial charge in [-0.05, 0) is 47.5 Å². The van der Waals surface area contributed by atoms with Crippen molar-refractivity contribution in [2.24, 2.45) is 0 Å². The van der Waals surface area contributed by atoms with Gasteiger partial charge in [0.1, 0.15) is 0 Å². The summed E-state index contributed by atoms with van der Waals surface area (Å²) in [5.41, 5.74) is 4.92. The van der Waals surface area contributed by atoms with Crippen LogP contribution in [-0.4, -0.2) is 32.2 Å². The largest absolute Gasteiger partial charge is 0.348 e. The lowest BCUT2D eigenvalue weighted by atomic mass is 10.1. The number of H-pyrrole nitrogens is 2. The van der Waals surface area contributed by atoms with E-state index in [1.807, 2.05) is 48.5 Å². The zero-order chi connectivity index (χ0) is 21.9. The average Bonchev–Trinajstić information content (AvgIpc) is 3.49. The summed E-state index contributed by atoms with van der Waals surface area (Å²) < 4.78 is 0. The van der Waals surface area contributed by atoms with Crippen molar-refractivity contribution in [3.8, 4) is 0 Å². The number of amides is 2. The molecule has 0 bridgehead atoms. The third kappa shape index (κ3) is 4.06. The predicted octanol–water partition coefficient (Wildman–Crippen LogP) is 3.30. The second kappa shape index (κ2) is 8.35. The summed E-state index contributed by atoms with van der Waals surface area (Å²) in [6, 6.07) is 18.6. The number of nitrogens with one attached hydrogen (secondary N) is 4. The predicted molar refractivity (Wildman–Crippen MR) is 121 cm³/mol. The fourth-order valence-corrected chi connectivity index (χ4v) is 3.51. The zero-order valence-corrected chi connectivity index (χ0v) is 17.1. The first-order valence-electron chi connectivity index (χ1n) is 10.2. The van der Waals surface area contributed by atoms with Crippen LogP contribution in [0.2, 0.25) is 0 Å². The third-order valence-electron chi connectivity index (χ3n) is 5.33. The van der Waals surface area contributed by atoms with Gasteiger partial charge in [-0.3, -0.25) is 19.8 Å². The maximum Gasteiger partial charge on any atom is 0.251 e. The van der Waals surface area contributed by atoms with Crippen molar-refractivity contribution in [3.05, 3.63) is 95.3 Å². The summed E-state index contributed by atoms with van der Waals surface area (Å²) in [5.74, 6) is -0.280. The maximum atomic E-state index is 12.4. The van der Waals surface area contributed by atoms with Crippen molar-refractivity contribution in [2.75, 3.05) is 0 Å². The molecule has 2 aromatic heterocycles. The molecule has 0 fully saturated rings. The lowest BCUT2D eigenvalue weighted by Gasteiger charge is -2.08. The molecule has 0 radical (unpaired) electrons. The van der Waals surface area contributed by atoms with E-state index in [-0.39, 0.29) is 11.8 Å². The molecule has 8 heteroatoms. The number of aromatic amines is 2. The Morgan fingerprint density at radius 1 is 0.656 bits per heavy atom. The van der Waals surface area contributed by atoms with Crippen LogP contribution in [-0.2, 0) is 13.1 Å². The van der Waals surface area contributed by atoms with Crippen LogP contribution in [0, 0.1) is 0 Å². The van der Waals surface area contributed by atoms with Gasteiger partial charge in [0.25, 0.3) is 11.8 Å². The highest BCUT2D eigenvalue weighted by molar-refractivity contribution is 5.98. The van der Waals surface area contributed by atoms with Gasteiger partial charge in [-0.25, -0.2) is 0 Å².